The Morgan fingerprint density at radius 1 is 1.06 bits per heavy atom. The molecule has 0 saturated heterocycles. The Bertz CT molecular complexity index is 1590. The van der Waals surface area contributed by atoms with E-state index in [1.165, 1.54) is 28.6 Å². The molecule has 0 unspecified atom stereocenters. The van der Waals surface area contributed by atoms with Crippen LogP contribution in [0.2, 0.25) is 0 Å². The van der Waals surface area contributed by atoms with Crippen molar-refractivity contribution in [1.82, 2.24) is 4.98 Å². The minimum atomic E-state index is -4.10. The van der Waals surface area contributed by atoms with Crippen LogP contribution in [-0.2, 0) is 23.0 Å². The fourth-order valence-corrected chi connectivity index (χ4v) is 6.15. The van der Waals surface area contributed by atoms with Crippen molar-refractivity contribution < 1.29 is 23.1 Å². The molecule has 0 amide bonds. The molecule has 4 aromatic rings. The molecule has 0 atom stereocenters. The molecule has 0 spiro atoms. The monoisotopic (exact) mass is 502 g/mol. The molecule has 0 radical (unpaired) electrons. The summed E-state index contributed by atoms with van der Waals surface area (Å²) in [6.07, 6.45) is 2.33. The van der Waals surface area contributed by atoms with Gasteiger partial charge in [0.05, 0.1) is 17.0 Å². The Morgan fingerprint density at radius 3 is 2.50 bits per heavy atom. The summed E-state index contributed by atoms with van der Waals surface area (Å²) in [5.74, 6) is -0.0408. The van der Waals surface area contributed by atoms with Crippen molar-refractivity contribution in [1.29, 1.82) is 0 Å². The van der Waals surface area contributed by atoms with E-state index < -0.39 is 16.0 Å². The molecule has 1 aliphatic heterocycles. The van der Waals surface area contributed by atoms with Crippen LogP contribution in [-0.4, -0.2) is 30.1 Å². The molecule has 0 fully saturated rings. The molecule has 2 heterocycles. The third kappa shape index (κ3) is 4.18. The average Bonchev–Trinajstić information content (AvgIpc) is 3.18. The zero-order chi connectivity index (χ0) is 25.7. The number of hydrogen-bond acceptors (Lipinski definition) is 5. The highest BCUT2D eigenvalue weighted by Gasteiger charge is 2.34. The van der Waals surface area contributed by atoms with Gasteiger partial charge in [0.2, 0.25) is 0 Å². The van der Waals surface area contributed by atoms with Gasteiger partial charge >= 0.3 is 5.97 Å². The molecule has 0 bridgehead atoms. The topological polar surface area (TPSA) is 96.8 Å². The number of fused-ring (bicyclic) bond motifs is 2. The van der Waals surface area contributed by atoms with Gasteiger partial charge in [0.15, 0.2) is 0 Å². The van der Waals surface area contributed by atoms with E-state index in [0.717, 1.165) is 33.2 Å². The number of benzene rings is 3. The van der Waals surface area contributed by atoms with Crippen molar-refractivity contribution in [3.63, 3.8) is 0 Å². The van der Waals surface area contributed by atoms with Crippen molar-refractivity contribution in [2.45, 2.75) is 44.2 Å². The first-order valence-electron chi connectivity index (χ1n) is 11.6. The van der Waals surface area contributed by atoms with Gasteiger partial charge in [-0.3, -0.25) is 0 Å². The lowest BCUT2D eigenvalue weighted by molar-refractivity contribution is 0.0696. The maximum atomic E-state index is 14.0. The number of carbonyl (C=O) groups is 1. The van der Waals surface area contributed by atoms with Crippen LogP contribution in [0.3, 0.4) is 0 Å². The van der Waals surface area contributed by atoms with E-state index in [4.69, 9.17) is 4.74 Å². The maximum absolute atomic E-state index is 14.0. The molecular formula is C28H26N2O5S. The highest BCUT2D eigenvalue weighted by atomic mass is 32.2. The molecule has 5 rings (SSSR count). The third-order valence-electron chi connectivity index (χ3n) is 6.48. The molecule has 8 heteroatoms. The Hall–Kier alpha value is -3.91. The fraction of sp³-hybridized carbons (Fsp3) is 0.214. The van der Waals surface area contributed by atoms with Crippen LogP contribution in [0.4, 0.5) is 5.82 Å². The maximum Gasteiger partial charge on any atom is 0.335 e. The summed E-state index contributed by atoms with van der Waals surface area (Å²) in [6.45, 7) is 5.93. The number of sulfonamides is 1. The largest absolute Gasteiger partial charge is 0.487 e. The van der Waals surface area contributed by atoms with Crippen LogP contribution in [0, 0.1) is 6.92 Å². The highest BCUT2D eigenvalue weighted by molar-refractivity contribution is 7.92. The SMILES string of the molecule is Cc1c(N(Cc2cccc3c2CC(C)(C)O3)S(=O)(=O)c2ccc(C(=O)O)cc2)ncc2ccccc12. The Kier molecular flexibility index (Phi) is 5.71. The van der Waals surface area contributed by atoms with Gasteiger partial charge in [0.1, 0.15) is 17.2 Å². The van der Waals surface area contributed by atoms with Gasteiger partial charge in [0, 0.05) is 29.1 Å². The third-order valence-corrected chi connectivity index (χ3v) is 8.23. The van der Waals surface area contributed by atoms with Gasteiger partial charge < -0.3 is 9.84 Å². The summed E-state index contributed by atoms with van der Waals surface area (Å²) >= 11 is 0. The van der Waals surface area contributed by atoms with E-state index in [2.05, 4.69) is 4.98 Å². The molecule has 36 heavy (non-hydrogen) atoms. The number of ether oxygens (including phenoxy) is 1. The van der Waals surface area contributed by atoms with Gasteiger partial charge in [-0.2, -0.15) is 0 Å². The summed E-state index contributed by atoms with van der Waals surface area (Å²) in [6, 6.07) is 18.6. The highest BCUT2D eigenvalue weighted by Crippen LogP contribution is 2.39. The van der Waals surface area contributed by atoms with Gasteiger partial charge in [-0.25, -0.2) is 22.5 Å². The second-order valence-electron chi connectivity index (χ2n) is 9.57. The molecular weight excluding hydrogens is 476 g/mol. The number of carboxylic acid groups (broad SMARTS) is 1. The zero-order valence-electron chi connectivity index (χ0n) is 20.2. The molecule has 1 aromatic heterocycles. The standard InChI is InChI=1S/C28H26N2O5S/c1-18-23-9-5-4-7-20(23)16-29-26(18)30(36(33,34)22-13-11-19(12-14-22)27(31)32)17-21-8-6-10-25-24(21)15-28(2,3)35-25/h4-14,16H,15,17H2,1-3H3,(H,31,32). The number of carboxylic acids is 1. The molecule has 3 aromatic carbocycles. The van der Waals surface area contributed by atoms with Crippen molar-refractivity contribution in [3.8, 4) is 5.75 Å². The first kappa shape index (κ1) is 23.8. The Labute approximate surface area is 210 Å². The van der Waals surface area contributed by atoms with Crippen LogP contribution in [0.15, 0.2) is 77.8 Å². The molecule has 7 nitrogen and oxygen atoms in total. The lowest BCUT2D eigenvalue weighted by Crippen LogP contribution is -2.32. The number of aryl methyl sites for hydroxylation is 1. The quantitative estimate of drug-likeness (QED) is 0.382. The molecule has 184 valence electrons. The molecule has 1 N–H and O–H groups in total. The van der Waals surface area contributed by atoms with Crippen molar-refractivity contribution in [2.24, 2.45) is 0 Å². The van der Waals surface area contributed by atoms with E-state index in [0.29, 0.717) is 12.2 Å². The van der Waals surface area contributed by atoms with E-state index in [-0.39, 0.29) is 22.6 Å². The van der Waals surface area contributed by atoms with E-state index in [1.54, 1.807) is 6.20 Å². The van der Waals surface area contributed by atoms with Crippen molar-refractivity contribution in [3.05, 3.63) is 95.2 Å². The zero-order valence-corrected chi connectivity index (χ0v) is 21.0. The van der Waals surface area contributed by atoms with Crippen LogP contribution in [0.5, 0.6) is 5.75 Å². The number of rotatable bonds is 6. The molecule has 0 aliphatic carbocycles. The summed E-state index contributed by atoms with van der Waals surface area (Å²) in [4.78, 5) is 15.9. The Morgan fingerprint density at radius 2 is 1.78 bits per heavy atom. The van der Waals surface area contributed by atoms with Crippen molar-refractivity contribution >= 4 is 32.6 Å². The number of nitrogens with zero attached hydrogens (tertiary/aromatic N) is 2. The Balaban J connectivity index is 1.66. The van der Waals surface area contributed by atoms with E-state index >= 15 is 0 Å². The average molecular weight is 503 g/mol. The van der Waals surface area contributed by atoms with Crippen LogP contribution < -0.4 is 9.04 Å². The number of anilines is 1. The second-order valence-corrected chi connectivity index (χ2v) is 11.4. The van der Waals surface area contributed by atoms with Crippen LogP contribution >= 0.6 is 0 Å². The lowest BCUT2D eigenvalue weighted by atomic mass is 9.97. The smallest absolute Gasteiger partial charge is 0.335 e. The van der Waals surface area contributed by atoms with E-state index in [1.807, 2.05) is 63.2 Å². The summed E-state index contributed by atoms with van der Waals surface area (Å²) in [7, 11) is -4.10. The number of aromatic carboxylic acids is 1. The first-order chi connectivity index (χ1) is 17.1. The summed E-state index contributed by atoms with van der Waals surface area (Å²) in [5.41, 5.74) is 2.18. The van der Waals surface area contributed by atoms with Gasteiger partial charge in [-0.05, 0) is 62.1 Å². The van der Waals surface area contributed by atoms with Gasteiger partial charge in [0.25, 0.3) is 10.0 Å². The number of pyridine rings is 1. The van der Waals surface area contributed by atoms with Crippen LogP contribution in [0.25, 0.3) is 10.8 Å². The van der Waals surface area contributed by atoms with Gasteiger partial charge in [-0.15, -0.1) is 0 Å². The normalized spacial score (nSPS) is 14.3. The number of aromatic nitrogens is 1. The molecule has 1 aliphatic rings. The minimum Gasteiger partial charge on any atom is -0.487 e. The van der Waals surface area contributed by atoms with Gasteiger partial charge in [-0.1, -0.05) is 36.4 Å². The van der Waals surface area contributed by atoms with E-state index in [9.17, 15) is 18.3 Å². The fourth-order valence-electron chi connectivity index (χ4n) is 4.69. The van der Waals surface area contributed by atoms with Crippen molar-refractivity contribution in [2.75, 3.05) is 4.31 Å². The number of hydrogen-bond donors (Lipinski definition) is 1. The predicted octanol–water partition coefficient (Wildman–Crippen LogP) is 5.35. The summed E-state index contributed by atoms with van der Waals surface area (Å²) in [5, 5.41) is 11.1. The predicted molar refractivity (Wildman–Crippen MR) is 138 cm³/mol. The second kappa shape index (κ2) is 8.64. The van der Waals surface area contributed by atoms with Crippen LogP contribution in [0.1, 0.15) is 40.9 Å². The lowest BCUT2D eigenvalue weighted by Gasteiger charge is -2.26. The minimum absolute atomic E-state index is 0.00832. The summed E-state index contributed by atoms with van der Waals surface area (Å²) < 4.78 is 35.5. The molecule has 0 saturated carbocycles. The first-order valence-corrected chi connectivity index (χ1v) is 13.0.